The quantitative estimate of drug-likeness (QED) is 0.110. The Morgan fingerprint density at radius 3 is 1.52 bits per heavy atom. The summed E-state index contributed by atoms with van der Waals surface area (Å²) >= 11 is 0. The van der Waals surface area contributed by atoms with Crippen molar-refractivity contribution in [2.75, 3.05) is 19.8 Å². The highest BCUT2D eigenvalue weighted by Crippen LogP contribution is 2.49. The number of hydrogen-bond donors (Lipinski definition) is 0. The van der Waals surface area contributed by atoms with Gasteiger partial charge < -0.3 is 0 Å². The molecule has 27 heavy (non-hydrogen) atoms. The summed E-state index contributed by atoms with van der Waals surface area (Å²) < 4.78 is 27.6. The van der Waals surface area contributed by atoms with Crippen LogP contribution in [-0.4, -0.2) is 19.8 Å². The van der Waals surface area contributed by atoms with Gasteiger partial charge in [0.2, 0.25) is 0 Å². The average Bonchev–Trinajstić information content (AvgIpc) is 2.64. The number of phosphoric ester groups is 1. The van der Waals surface area contributed by atoms with Crippen LogP contribution in [0.5, 0.6) is 0 Å². The van der Waals surface area contributed by atoms with E-state index in [0.29, 0.717) is 19.8 Å². The average molecular weight is 405 g/mol. The smallest absolute Gasteiger partial charge is 0.287 e. The minimum Gasteiger partial charge on any atom is -0.287 e. The first-order valence-electron chi connectivity index (χ1n) is 11.4. The normalized spacial score (nSPS) is 12.3. The monoisotopic (exact) mass is 404 g/mol. The van der Waals surface area contributed by atoms with Crippen molar-refractivity contribution < 1.29 is 18.1 Å². The molecule has 0 radical (unpaired) electrons. The van der Waals surface area contributed by atoms with E-state index in [-0.39, 0.29) is 0 Å². The molecule has 4 nitrogen and oxygen atoms in total. The van der Waals surface area contributed by atoms with Crippen LogP contribution in [0.1, 0.15) is 111 Å². The lowest BCUT2D eigenvalue weighted by molar-refractivity contribution is 0.120. The van der Waals surface area contributed by atoms with Crippen LogP contribution in [0.25, 0.3) is 0 Å². The van der Waals surface area contributed by atoms with Crippen molar-refractivity contribution in [3.8, 4) is 0 Å². The Bertz CT molecular complexity index is 361. The van der Waals surface area contributed by atoms with Crippen molar-refractivity contribution in [1.82, 2.24) is 0 Å². The molecule has 0 aromatic rings. The van der Waals surface area contributed by atoms with Gasteiger partial charge in [-0.25, -0.2) is 4.57 Å². The third-order valence-electron chi connectivity index (χ3n) is 4.48. The Labute approximate surface area is 169 Å². The summed E-state index contributed by atoms with van der Waals surface area (Å²) in [5.74, 6) is 0. The molecule has 0 heterocycles. The van der Waals surface area contributed by atoms with Gasteiger partial charge in [0.15, 0.2) is 0 Å². The van der Waals surface area contributed by atoms with Crippen molar-refractivity contribution in [2.24, 2.45) is 0 Å². The largest absolute Gasteiger partial charge is 0.474 e. The SMILES string of the molecule is CCCCCCCC/C=C\CCCCCCCCOP(=O)(OCC)OCC. The Kier molecular flexibility index (Phi) is 20.5. The van der Waals surface area contributed by atoms with E-state index in [2.05, 4.69) is 19.1 Å². The highest BCUT2D eigenvalue weighted by molar-refractivity contribution is 7.48. The zero-order valence-electron chi connectivity index (χ0n) is 18.3. The summed E-state index contributed by atoms with van der Waals surface area (Å²) in [4.78, 5) is 0. The second kappa shape index (κ2) is 20.6. The fraction of sp³-hybridized carbons (Fsp3) is 0.909. The summed E-state index contributed by atoms with van der Waals surface area (Å²) in [5.41, 5.74) is 0. The summed E-state index contributed by atoms with van der Waals surface area (Å²) in [5, 5.41) is 0. The van der Waals surface area contributed by atoms with E-state index in [0.717, 1.165) is 12.8 Å². The molecule has 0 aliphatic rings. The van der Waals surface area contributed by atoms with Crippen LogP contribution in [-0.2, 0) is 18.1 Å². The van der Waals surface area contributed by atoms with E-state index in [1.165, 1.54) is 77.0 Å². The van der Waals surface area contributed by atoms with Crippen molar-refractivity contribution in [1.29, 1.82) is 0 Å². The molecule has 0 unspecified atom stereocenters. The van der Waals surface area contributed by atoms with Gasteiger partial charge in [-0.05, 0) is 46.0 Å². The predicted molar refractivity (Wildman–Crippen MR) is 116 cm³/mol. The molecule has 0 rings (SSSR count). The third kappa shape index (κ3) is 19.0. The van der Waals surface area contributed by atoms with Crippen LogP contribution in [0.3, 0.4) is 0 Å². The molecule has 0 bridgehead atoms. The molecule has 0 N–H and O–H groups in total. The number of hydrogen-bond acceptors (Lipinski definition) is 4. The summed E-state index contributed by atoms with van der Waals surface area (Å²) in [6.45, 7) is 6.97. The second-order valence-corrected chi connectivity index (χ2v) is 8.72. The first-order valence-corrected chi connectivity index (χ1v) is 12.8. The van der Waals surface area contributed by atoms with E-state index in [9.17, 15) is 4.57 Å². The van der Waals surface area contributed by atoms with Gasteiger partial charge in [0.1, 0.15) is 0 Å². The molecular weight excluding hydrogens is 359 g/mol. The zero-order chi connectivity index (χ0) is 20.1. The van der Waals surface area contributed by atoms with Crippen LogP contribution in [0, 0.1) is 0 Å². The molecule has 0 aliphatic carbocycles. The number of unbranched alkanes of at least 4 members (excludes halogenated alkanes) is 12. The van der Waals surface area contributed by atoms with Crippen molar-refractivity contribution in [2.45, 2.75) is 111 Å². The van der Waals surface area contributed by atoms with E-state index in [1.54, 1.807) is 13.8 Å². The molecule has 0 saturated carbocycles. The maximum Gasteiger partial charge on any atom is 0.474 e. The van der Waals surface area contributed by atoms with Gasteiger partial charge in [-0.3, -0.25) is 13.6 Å². The van der Waals surface area contributed by atoms with Gasteiger partial charge in [-0.2, -0.15) is 0 Å². The first-order chi connectivity index (χ1) is 13.2. The summed E-state index contributed by atoms with van der Waals surface area (Å²) in [6.07, 6.45) is 22.5. The highest BCUT2D eigenvalue weighted by Gasteiger charge is 2.24. The lowest BCUT2D eigenvalue weighted by Crippen LogP contribution is -2.01. The Hall–Kier alpha value is -0.150. The third-order valence-corrected chi connectivity index (χ3v) is 6.13. The fourth-order valence-corrected chi connectivity index (χ4v) is 4.16. The predicted octanol–water partition coefficient (Wildman–Crippen LogP) is 8.22. The van der Waals surface area contributed by atoms with Gasteiger partial charge in [-0.1, -0.05) is 76.9 Å². The number of phosphoric acid groups is 1. The molecule has 0 saturated heterocycles. The van der Waals surface area contributed by atoms with Gasteiger partial charge in [0.25, 0.3) is 0 Å². The van der Waals surface area contributed by atoms with Gasteiger partial charge in [-0.15, -0.1) is 0 Å². The summed E-state index contributed by atoms with van der Waals surface area (Å²) in [7, 11) is -3.32. The molecule has 0 aliphatic heterocycles. The van der Waals surface area contributed by atoms with Gasteiger partial charge in [0.05, 0.1) is 19.8 Å². The molecule has 0 aromatic carbocycles. The van der Waals surface area contributed by atoms with E-state index in [4.69, 9.17) is 13.6 Å². The molecule has 0 fully saturated rings. The van der Waals surface area contributed by atoms with E-state index in [1.807, 2.05) is 0 Å². The lowest BCUT2D eigenvalue weighted by atomic mass is 10.1. The minimum absolute atomic E-state index is 0.338. The Morgan fingerprint density at radius 1 is 0.593 bits per heavy atom. The summed E-state index contributed by atoms with van der Waals surface area (Å²) in [6, 6.07) is 0. The molecule has 0 aromatic heterocycles. The first kappa shape index (κ1) is 26.9. The van der Waals surface area contributed by atoms with E-state index >= 15 is 0 Å². The van der Waals surface area contributed by atoms with Crippen LogP contribution in [0.4, 0.5) is 0 Å². The van der Waals surface area contributed by atoms with Crippen LogP contribution in [0.15, 0.2) is 12.2 Å². The van der Waals surface area contributed by atoms with Crippen molar-refractivity contribution in [3.63, 3.8) is 0 Å². The Morgan fingerprint density at radius 2 is 1.04 bits per heavy atom. The van der Waals surface area contributed by atoms with Gasteiger partial charge in [0, 0.05) is 0 Å². The minimum atomic E-state index is -3.32. The topological polar surface area (TPSA) is 44.8 Å². The zero-order valence-corrected chi connectivity index (χ0v) is 19.2. The van der Waals surface area contributed by atoms with E-state index < -0.39 is 7.82 Å². The molecule has 162 valence electrons. The second-order valence-electron chi connectivity index (χ2n) is 7.05. The standard InChI is InChI=1S/C22H45O4P/c1-4-7-8-9-10-11-12-13-14-15-16-17-18-19-20-21-22-26-27(23,24-5-2)25-6-3/h13-14H,4-12,15-22H2,1-3H3/b14-13-. The Balaban J connectivity index is 3.35. The molecule has 0 amide bonds. The van der Waals surface area contributed by atoms with Crippen molar-refractivity contribution >= 4 is 7.82 Å². The molecular formula is C22H45O4P. The highest BCUT2D eigenvalue weighted by atomic mass is 31.2. The lowest BCUT2D eigenvalue weighted by Gasteiger charge is -2.16. The number of allylic oxidation sites excluding steroid dienone is 2. The maximum atomic E-state index is 12.1. The molecule has 0 spiro atoms. The fourth-order valence-electron chi connectivity index (χ4n) is 2.95. The molecule has 5 heteroatoms. The van der Waals surface area contributed by atoms with Crippen LogP contribution in [0.2, 0.25) is 0 Å². The van der Waals surface area contributed by atoms with Crippen molar-refractivity contribution in [3.05, 3.63) is 12.2 Å². The van der Waals surface area contributed by atoms with Crippen LogP contribution >= 0.6 is 7.82 Å². The molecule has 0 atom stereocenters. The number of rotatable bonds is 21. The maximum absolute atomic E-state index is 12.1. The van der Waals surface area contributed by atoms with Crippen LogP contribution < -0.4 is 0 Å². The van der Waals surface area contributed by atoms with Gasteiger partial charge >= 0.3 is 7.82 Å².